The lowest BCUT2D eigenvalue weighted by molar-refractivity contribution is 0.0371. The minimum Gasteiger partial charge on any atom is -0.496 e. The molecular formula is C10H14Cl3NO3. The molecule has 7 heteroatoms. The smallest absolute Gasteiger partial charge is 0.410 e. The lowest BCUT2D eigenvalue weighted by atomic mass is 10.1. The predicted octanol–water partition coefficient (Wildman–Crippen LogP) is 3.12. The molecule has 0 N–H and O–H groups in total. The summed E-state index contributed by atoms with van der Waals surface area (Å²) >= 11 is 16.5. The average Bonchev–Trinajstić information content (AvgIpc) is 2.24. The van der Waals surface area contributed by atoms with Crippen LogP contribution in [0.1, 0.15) is 13.3 Å². The second-order valence-electron chi connectivity index (χ2n) is 3.80. The number of carbonyl (C=O) groups is 1. The highest BCUT2D eigenvalue weighted by molar-refractivity contribution is 6.67. The maximum absolute atomic E-state index is 11.7. The number of hydrogen-bond donors (Lipinski definition) is 0. The molecule has 1 rings (SSSR count). The summed E-state index contributed by atoms with van der Waals surface area (Å²) in [7, 11) is 1.63. The van der Waals surface area contributed by atoms with Crippen LogP contribution >= 0.6 is 34.8 Å². The second kappa shape index (κ2) is 6.03. The van der Waals surface area contributed by atoms with Gasteiger partial charge >= 0.3 is 6.09 Å². The zero-order valence-electron chi connectivity index (χ0n) is 9.53. The Balaban J connectivity index is 2.48. The van der Waals surface area contributed by atoms with Crippen molar-refractivity contribution in [1.82, 2.24) is 4.90 Å². The van der Waals surface area contributed by atoms with Gasteiger partial charge in [0.2, 0.25) is 3.79 Å². The topological polar surface area (TPSA) is 38.8 Å². The molecule has 0 saturated heterocycles. The van der Waals surface area contributed by atoms with Crippen LogP contribution in [0.2, 0.25) is 0 Å². The van der Waals surface area contributed by atoms with Gasteiger partial charge in [0.15, 0.2) is 0 Å². The minimum absolute atomic E-state index is 0.0807. The van der Waals surface area contributed by atoms with E-state index in [1.807, 2.05) is 13.0 Å². The Bertz CT molecular complexity index is 304. The molecule has 0 saturated carbocycles. The molecule has 2 atom stereocenters. The van der Waals surface area contributed by atoms with Crippen LogP contribution in [0.25, 0.3) is 0 Å². The number of hydrogen-bond acceptors (Lipinski definition) is 3. The van der Waals surface area contributed by atoms with Crippen LogP contribution < -0.4 is 0 Å². The van der Waals surface area contributed by atoms with Crippen LogP contribution in [0, 0.1) is 0 Å². The fourth-order valence-corrected chi connectivity index (χ4v) is 1.67. The summed E-state index contributed by atoms with van der Waals surface area (Å²) in [6.45, 7) is 1.60. The van der Waals surface area contributed by atoms with E-state index in [0.717, 1.165) is 0 Å². The zero-order chi connectivity index (χ0) is 13.1. The van der Waals surface area contributed by atoms with Crippen molar-refractivity contribution in [3.05, 3.63) is 12.3 Å². The molecule has 0 unspecified atom stereocenters. The molecule has 0 aromatic carbocycles. The normalized spacial score (nSPS) is 24.1. The number of likely N-dealkylation sites (N-methyl/N-ethyl adjacent to an activating group) is 1. The number of alkyl halides is 3. The Kier molecular flexibility index (Phi) is 5.22. The van der Waals surface area contributed by atoms with Gasteiger partial charge in [0.25, 0.3) is 0 Å². The van der Waals surface area contributed by atoms with Crippen LogP contribution in [0.15, 0.2) is 12.3 Å². The first-order valence-electron chi connectivity index (χ1n) is 5.08. The molecule has 0 bridgehead atoms. The largest absolute Gasteiger partial charge is 0.496 e. The van der Waals surface area contributed by atoms with Crippen molar-refractivity contribution < 1.29 is 14.3 Å². The highest BCUT2D eigenvalue weighted by Crippen LogP contribution is 2.26. The van der Waals surface area contributed by atoms with Crippen molar-refractivity contribution in [3.8, 4) is 0 Å². The van der Waals surface area contributed by atoms with E-state index in [9.17, 15) is 4.79 Å². The van der Waals surface area contributed by atoms with Crippen LogP contribution in [0.4, 0.5) is 4.79 Å². The molecule has 1 heterocycles. The van der Waals surface area contributed by atoms with Gasteiger partial charge < -0.3 is 14.4 Å². The average molecular weight is 303 g/mol. The summed E-state index contributed by atoms with van der Waals surface area (Å²) in [5.41, 5.74) is 0. The van der Waals surface area contributed by atoms with Gasteiger partial charge in [-0.05, 0) is 19.4 Å². The summed E-state index contributed by atoms with van der Waals surface area (Å²) in [5.74, 6) is 0. The van der Waals surface area contributed by atoms with Crippen molar-refractivity contribution in [2.45, 2.75) is 29.3 Å². The molecule has 17 heavy (non-hydrogen) atoms. The first-order chi connectivity index (χ1) is 7.81. The third-order valence-corrected chi connectivity index (χ3v) is 2.78. The van der Waals surface area contributed by atoms with Gasteiger partial charge in [-0.25, -0.2) is 4.79 Å². The zero-order valence-corrected chi connectivity index (χ0v) is 11.8. The van der Waals surface area contributed by atoms with Gasteiger partial charge in [0.1, 0.15) is 12.7 Å². The quantitative estimate of drug-likeness (QED) is 0.736. The molecule has 1 aliphatic rings. The van der Waals surface area contributed by atoms with Crippen LogP contribution in [0.3, 0.4) is 0 Å². The molecule has 98 valence electrons. The highest BCUT2D eigenvalue weighted by atomic mass is 35.6. The van der Waals surface area contributed by atoms with Crippen LogP contribution in [-0.2, 0) is 9.47 Å². The summed E-state index contributed by atoms with van der Waals surface area (Å²) < 4.78 is 8.59. The standard InChI is InChI=1S/C10H14Cl3NO3/c1-7-8(4-3-5-16-7)14(2)9(15)17-6-10(11,12)13/h3,5,7-8H,4,6H2,1-2H3/t7-,8-/m0/s1. The van der Waals surface area contributed by atoms with E-state index in [4.69, 9.17) is 44.3 Å². The molecule has 1 aliphatic heterocycles. The van der Waals surface area contributed by atoms with Gasteiger partial charge in [-0.1, -0.05) is 34.8 Å². The van der Waals surface area contributed by atoms with E-state index in [0.29, 0.717) is 6.42 Å². The molecule has 0 fully saturated rings. The Labute approximate surface area is 115 Å². The Morgan fingerprint density at radius 3 is 2.76 bits per heavy atom. The fraction of sp³-hybridized carbons (Fsp3) is 0.700. The molecular weight excluding hydrogens is 288 g/mol. The Hall–Kier alpha value is -0.320. The van der Waals surface area contributed by atoms with Crippen molar-refractivity contribution in [3.63, 3.8) is 0 Å². The SMILES string of the molecule is C[C@@H]1OC=CC[C@@H]1N(C)C(=O)OCC(Cl)(Cl)Cl. The predicted molar refractivity (Wildman–Crippen MR) is 67.5 cm³/mol. The molecule has 0 aromatic rings. The van der Waals surface area contributed by atoms with Gasteiger partial charge in [-0.2, -0.15) is 0 Å². The number of carbonyl (C=O) groups excluding carboxylic acids is 1. The maximum Gasteiger partial charge on any atom is 0.410 e. The summed E-state index contributed by atoms with van der Waals surface area (Å²) in [5, 5.41) is 0. The molecule has 4 nitrogen and oxygen atoms in total. The number of halogens is 3. The number of amides is 1. The van der Waals surface area contributed by atoms with E-state index in [-0.39, 0.29) is 18.8 Å². The number of nitrogens with zero attached hydrogens (tertiary/aromatic N) is 1. The van der Waals surface area contributed by atoms with E-state index < -0.39 is 9.89 Å². The third-order valence-electron chi connectivity index (χ3n) is 2.45. The first-order valence-corrected chi connectivity index (χ1v) is 6.21. The van der Waals surface area contributed by atoms with E-state index in [2.05, 4.69) is 0 Å². The molecule has 0 radical (unpaired) electrons. The minimum atomic E-state index is -1.59. The van der Waals surface area contributed by atoms with Gasteiger partial charge in [-0.15, -0.1) is 0 Å². The third kappa shape index (κ3) is 4.82. The van der Waals surface area contributed by atoms with Crippen molar-refractivity contribution in [2.24, 2.45) is 0 Å². The van der Waals surface area contributed by atoms with Crippen molar-refractivity contribution in [1.29, 1.82) is 0 Å². The number of rotatable bonds is 2. The number of ether oxygens (including phenoxy) is 2. The van der Waals surface area contributed by atoms with Gasteiger partial charge in [-0.3, -0.25) is 0 Å². The first kappa shape index (κ1) is 14.7. The summed E-state index contributed by atoms with van der Waals surface area (Å²) in [6, 6.07) is -0.0807. The summed E-state index contributed by atoms with van der Waals surface area (Å²) in [4.78, 5) is 13.1. The maximum atomic E-state index is 11.7. The Morgan fingerprint density at radius 2 is 2.24 bits per heavy atom. The van der Waals surface area contributed by atoms with E-state index >= 15 is 0 Å². The van der Waals surface area contributed by atoms with Crippen molar-refractivity contribution >= 4 is 40.9 Å². The Morgan fingerprint density at radius 1 is 1.59 bits per heavy atom. The highest BCUT2D eigenvalue weighted by Gasteiger charge is 2.30. The molecule has 1 amide bonds. The van der Waals surface area contributed by atoms with E-state index in [1.54, 1.807) is 13.3 Å². The van der Waals surface area contributed by atoms with Crippen molar-refractivity contribution in [2.75, 3.05) is 13.7 Å². The van der Waals surface area contributed by atoms with E-state index in [1.165, 1.54) is 4.90 Å². The molecule has 0 aromatic heterocycles. The van der Waals surface area contributed by atoms with Gasteiger partial charge in [0, 0.05) is 7.05 Å². The molecule has 0 spiro atoms. The van der Waals surface area contributed by atoms with Crippen LogP contribution in [0.5, 0.6) is 0 Å². The van der Waals surface area contributed by atoms with Gasteiger partial charge in [0.05, 0.1) is 12.3 Å². The fourth-order valence-electron chi connectivity index (χ4n) is 1.51. The lowest BCUT2D eigenvalue weighted by Gasteiger charge is -2.33. The molecule has 0 aliphatic carbocycles. The monoisotopic (exact) mass is 301 g/mol. The lowest BCUT2D eigenvalue weighted by Crippen LogP contribution is -2.45. The summed E-state index contributed by atoms with van der Waals surface area (Å²) in [6.07, 6.45) is 3.56. The second-order valence-corrected chi connectivity index (χ2v) is 6.31. The van der Waals surface area contributed by atoms with Crippen LogP contribution in [-0.4, -0.2) is 40.6 Å².